The number of methoxy groups -OCH3 is 1. The van der Waals surface area contributed by atoms with Crippen LogP contribution in [0.3, 0.4) is 0 Å². The summed E-state index contributed by atoms with van der Waals surface area (Å²) in [5, 5.41) is 20.8. The number of aromatic nitrogens is 5. The van der Waals surface area contributed by atoms with Crippen LogP contribution in [0.25, 0.3) is 17.1 Å². The molecule has 0 aliphatic rings. The second-order valence-corrected chi connectivity index (χ2v) is 9.41. The number of nitrogen functional groups attached to an aromatic ring is 1. The van der Waals surface area contributed by atoms with Gasteiger partial charge in [0.05, 0.1) is 12.8 Å². The number of nitrogens with zero attached hydrogens (tertiary/aromatic N) is 6. The summed E-state index contributed by atoms with van der Waals surface area (Å²) in [7, 11) is 1.53. The van der Waals surface area contributed by atoms with Gasteiger partial charge in [0.2, 0.25) is 11.6 Å². The molecule has 5 rings (SSSR count). The smallest absolute Gasteiger partial charge is 0.292 e. The maximum Gasteiger partial charge on any atom is 0.292 e. The highest BCUT2D eigenvalue weighted by molar-refractivity contribution is 6.35. The predicted octanol–water partition coefficient (Wildman–Crippen LogP) is 4.95. The molecule has 1 amide bonds. The highest BCUT2D eigenvalue weighted by Crippen LogP contribution is 2.31. The average molecular weight is 593 g/mol. The van der Waals surface area contributed by atoms with Gasteiger partial charge in [0.15, 0.2) is 17.2 Å². The fraction of sp³-hybridized carbons (Fsp3) is 0.111. The lowest BCUT2D eigenvalue weighted by Crippen LogP contribution is -2.23. The van der Waals surface area contributed by atoms with Crippen LogP contribution >= 0.6 is 23.2 Å². The lowest BCUT2D eigenvalue weighted by Gasteiger charge is -2.13. The zero-order valence-corrected chi connectivity index (χ0v) is 23.2. The molecule has 12 nitrogen and oxygen atoms in total. The van der Waals surface area contributed by atoms with E-state index < -0.39 is 5.91 Å². The van der Waals surface area contributed by atoms with Crippen molar-refractivity contribution in [3.05, 3.63) is 93.6 Å². The van der Waals surface area contributed by atoms with Gasteiger partial charge in [-0.2, -0.15) is 9.78 Å². The molecule has 0 spiro atoms. The number of hydrogen-bond acceptors (Lipinski definition) is 10. The first-order valence-electron chi connectivity index (χ1n) is 12.0. The van der Waals surface area contributed by atoms with E-state index in [2.05, 4.69) is 35.8 Å². The number of nitrogens with two attached hydrogens (primary N) is 1. The molecule has 3 aromatic carbocycles. The van der Waals surface area contributed by atoms with Crippen molar-refractivity contribution in [2.45, 2.75) is 13.5 Å². The Bertz CT molecular complexity index is 1740. The Hall–Kier alpha value is -4.94. The molecule has 0 aliphatic carbocycles. The van der Waals surface area contributed by atoms with E-state index in [1.54, 1.807) is 55.5 Å². The summed E-state index contributed by atoms with van der Waals surface area (Å²) in [4.78, 5) is 13.4. The van der Waals surface area contributed by atoms with Gasteiger partial charge in [-0.3, -0.25) is 4.79 Å². The maximum atomic E-state index is 13.4. The quantitative estimate of drug-likeness (QED) is 0.178. The molecule has 0 unspecified atom stereocenters. The average Bonchev–Trinajstić information content (AvgIpc) is 3.61. The standard InChI is InChI=1S/C27H22Cl2N8O4/c1-15(17-9-11-21(22(12-17)39-2)40-14-18-8-10-19(28)13-20(18)29)31-33-27(38)24-23(16-6-4-3-5-7-16)32-36-37(24)26-25(30)34-41-35-26/h3-13H,14H2,1-2H3,(H2,30,34)(H,33,38)/b31-15+. The zero-order valence-electron chi connectivity index (χ0n) is 21.7. The van der Waals surface area contributed by atoms with E-state index in [1.807, 2.05) is 18.2 Å². The number of hydrogen-bond donors (Lipinski definition) is 2. The van der Waals surface area contributed by atoms with Crippen molar-refractivity contribution in [2.24, 2.45) is 5.10 Å². The predicted molar refractivity (Wildman–Crippen MR) is 153 cm³/mol. The van der Waals surface area contributed by atoms with Gasteiger partial charge in [-0.05, 0) is 47.6 Å². The minimum absolute atomic E-state index is 0.0192. The Balaban J connectivity index is 1.37. The van der Waals surface area contributed by atoms with Crippen molar-refractivity contribution < 1.29 is 18.9 Å². The number of hydrazone groups is 1. The van der Waals surface area contributed by atoms with Crippen molar-refractivity contribution in [3.8, 4) is 28.6 Å². The first kappa shape index (κ1) is 27.6. The zero-order chi connectivity index (χ0) is 28.9. The third-order valence-electron chi connectivity index (χ3n) is 5.93. The van der Waals surface area contributed by atoms with Crippen molar-refractivity contribution in [1.82, 2.24) is 30.7 Å². The first-order valence-corrected chi connectivity index (χ1v) is 12.8. The van der Waals surface area contributed by atoms with Crippen molar-refractivity contribution in [1.29, 1.82) is 0 Å². The Labute approximate surface area is 243 Å². The monoisotopic (exact) mass is 592 g/mol. The summed E-state index contributed by atoms with van der Waals surface area (Å²) < 4.78 is 17.3. The largest absolute Gasteiger partial charge is 0.493 e. The Morgan fingerprint density at radius 3 is 2.59 bits per heavy atom. The second-order valence-electron chi connectivity index (χ2n) is 8.57. The van der Waals surface area contributed by atoms with E-state index in [4.69, 9.17) is 38.4 Å². The van der Waals surface area contributed by atoms with E-state index in [-0.39, 0.29) is 23.9 Å². The molecular weight excluding hydrogens is 571 g/mol. The van der Waals surface area contributed by atoms with Gasteiger partial charge in [-0.15, -0.1) is 5.10 Å². The molecule has 0 aliphatic heterocycles. The lowest BCUT2D eigenvalue weighted by atomic mass is 10.1. The first-order chi connectivity index (χ1) is 19.9. The van der Waals surface area contributed by atoms with E-state index in [1.165, 1.54) is 7.11 Å². The summed E-state index contributed by atoms with van der Waals surface area (Å²) >= 11 is 12.2. The molecule has 0 atom stereocenters. The van der Waals surface area contributed by atoms with Gasteiger partial charge in [-0.25, -0.2) is 10.1 Å². The van der Waals surface area contributed by atoms with Crippen molar-refractivity contribution >= 4 is 40.6 Å². The number of halogens is 2. The molecular formula is C27H22Cl2N8O4. The molecule has 2 aromatic heterocycles. The van der Waals surface area contributed by atoms with Crippen LogP contribution in [0.5, 0.6) is 11.5 Å². The molecule has 2 heterocycles. The SMILES string of the molecule is COc1cc(/C(C)=N/NC(=O)c2c(-c3ccccc3)nnn2-c2nonc2N)ccc1OCc1ccc(Cl)cc1Cl. The number of amides is 1. The van der Waals surface area contributed by atoms with Crippen LogP contribution in [-0.4, -0.2) is 44.0 Å². The minimum Gasteiger partial charge on any atom is -0.493 e. The number of carbonyl (C=O) groups excluding carboxylic acids is 1. The Morgan fingerprint density at radius 2 is 1.88 bits per heavy atom. The highest BCUT2D eigenvalue weighted by Gasteiger charge is 2.26. The molecule has 0 bridgehead atoms. The molecule has 3 N–H and O–H groups in total. The van der Waals surface area contributed by atoms with Crippen LogP contribution in [-0.2, 0) is 6.61 Å². The van der Waals surface area contributed by atoms with Gasteiger partial charge < -0.3 is 15.2 Å². The molecule has 0 saturated carbocycles. The summed E-state index contributed by atoms with van der Waals surface area (Å²) in [5.41, 5.74) is 11.3. The highest BCUT2D eigenvalue weighted by atomic mass is 35.5. The van der Waals surface area contributed by atoms with Crippen molar-refractivity contribution in [3.63, 3.8) is 0 Å². The fourth-order valence-corrected chi connectivity index (χ4v) is 4.28. The number of ether oxygens (including phenoxy) is 2. The normalized spacial score (nSPS) is 11.4. The Morgan fingerprint density at radius 1 is 1.07 bits per heavy atom. The van der Waals surface area contributed by atoms with E-state index in [0.29, 0.717) is 44.1 Å². The molecule has 0 fully saturated rings. The maximum absolute atomic E-state index is 13.4. The van der Waals surface area contributed by atoms with E-state index in [0.717, 1.165) is 10.2 Å². The third-order valence-corrected chi connectivity index (χ3v) is 6.52. The second kappa shape index (κ2) is 12.1. The van der Waals surface area contributed by atoms with Crippen LogP contribution in [0, 0.1) is 0 Å². The van der Waals surface area contributed by atoms with Gasteiger partial charge in [0.1, 0.15) is 12.3 Å². The van der Waals surface area contributed by atoms with Gasteiger partial charge in [0.25, 0.3) is 5.91 Å². The summed E-state index contributed by atoms with van der Waals surface area (Å²) in [6.45, 7) is 1.95. The number of carbonyl (C=O) groups is 1. The number of nitrogens with one attached hydrogen (secondary N) is 1. The topological polar surface area (TPSA) is 156 Å². The van der Waals surface area contributed by atoms with Crippen LogP contribution in [0.4, 0.5) is 5.82 Å². The summed E-state index contributed by atoms with van der Waals surface area (Å²) in [6, 6.07) is 19.5. The van der Waals surface area contributed by atoms with E-state index >= 15 is 0 Å². The minimum atomic E-state index is -0.609. The Kier molecular flexibility index (Phi) is 8.13. The number of rotatable bonds is 9. The van der Waals surface area contributed by atoms with Gasteiger partial charge in [0, 0.05) is 26.7 Å². The number of benzene rings is 3. The van der Waals surface area contributed by atoms with Gasteiger partial charge in [-0.1, -0.05) is 64.8 Å². The van der Waals surface area contributed by atoms with Crippen LogP contribution in [0.2, 0.25) is 10.0 Å². The molecule has 41 heavy (non-hydrogen) atoms. The van der Waals surface area contributed by atoms with Crippen LogP contribution in [0.15, 0.2) is 76.5 Å². The van der Waals surface area contributed by atoms with Gasteiger partial charge >= 0.3 is 0 Å². The van der Waals surface area contributed by atoms with Crippen LogP contribution in [0.1, 0.15) is 28.5 Å². The lowest BCUT2D eigenvalue weighted by molar-refractivity contribution is 0.0947. The van der Waals surface area contributed by atoms with E-state index in [9.17, 15) is 4.79 Å². The molecule has 5 aromatic rings. The molecule has 14 heteroatoms. The summed E-state index contributed by atoms with van der Waals surface area (Å²) in [6.07, 6.45) is 0. The molecule has 0 saturated heterocycles. The van der Waals surface area contributed by atoms with Crippen molar-refractivity contribution in [2.75, 3.05) is 12.8 Å². The molecule has 208 valence electrons. The number of anilines is 1. The summed E-state index contributed by atoms with van der Waals surface area (Å²) in [5.74, 6) is 0.320. The molecule has 0 radical (unpaired) electrons. The fourth-order valence-electron chi connectivity index (χ4n) is 3.82. The van der Waals surface area contributed by atoms with Crippen LogP contribution < -0.4 is 20.6 Å². The third kappa shape index (κ3) is 5.98.